The number of morpholine rings is 1. The molecule has 3 aromatic rings. The number of rotatable bonds is 3. The van der Waals surface area contributed by atoms with Crippen LogP contribution in [0.2, 0.25) is 0 Å². The van der Waals surface area contributed by atoms with E-state index in [9.17, 15) is 4.79 Å². The van der Waals surface area contributed by atoms with E-state index in [2.05, 4.69) is 28.1 Å². The molecule has 2 aromatic carbocycles. The van der Waals surface area contributed by atoms with E-state index in [-0.39, 0.29) is 5.56 Å². The summed E-state index contributed by atoms with van der Waals surface area (Å²) < 4.78 is 5.41. The number of pyridine rings is 1. The largest absolute Gasteiger partial charge is 0.378 e. The van der Waals surface area contributed by atoms with Crippen molar-refractivity contribution in [2.45, 2.75) is 4.90 Å². The number of nitrogens with zero attached hydrogens (tertiary/aromatic N) is 1. The zero-order chi connectivity index (χ0) is 17.2. The molecule has 1 aliphatic heterocycles. The van der Waals surface area contributed by atoms with Crippen LogP contribution in [0.15, 0.2) is 58.2 Å². The molecule has 1 N–H and O–H groups in total. The Bertz CT molecular complexity index is 961. The molecule has 0 radical (unpaired) electrons. The van der Waals surface area contributed by atoms with E-state index in [1.807, 2.05) is 36.6 Å². The summed E-state index contributed by atoms with van der Waals surface area (Å²) >= 11 is 1.68. The second-order valence-corrected chi connectivity index (χ2v) is 6.93. The van der Waals surface area contributed by atoms with E-state index in [0.29, 0.717) is 0 Å². The van der Waals surface area contributed by atoms with Gasteiger partial charge in [-0.15, -0.1) is 11.8 Å². The standard InChI is InChI=1S/C20H20N2O2S/c1-25-19-5-3-2-4-16(19)18-12-14-6-7-15(13-17(14)20(23)21-18)22-8-10-24-11-9-22/h2-7,12-13H,8-11H2,1H3,(H,21,23). The maximum atomic E-state index is 12.7. The van der Waals surface area contributed by atoms with Gasteiger partial charge in [0.2, 0.25) is 0 Å². The van der Waals surface area contributed by atoms with Crippen molar-refractivity contribution in [2.75, 3.05) is 37.5 Å². The summed E-state index contributed by atoms with van der Waals surface area (Å²) in [6.45, 7) is 3.20. The monoisotopic (exact) mass is 352 g/mol. The number of aromatic amines is 1. The Balaban J connectivity index is 1.79. The van der Waals surface area contributed by atoms with Crippen LogP contribution in [-0.4, -0.2) is 37.5 Å². The Hall–Kier alpha value is -2.24. The SMILES string of the molecule is CSc1ccccc1-c1cc2ccc(N3CCOCC3)cc2c(=O)[nH]1. The van der Waals surface area contributed by atoms with Gasteiger partial charge in [0.1, 0.15) is 0 Å². The molecule has 0 amide bonds. The minimum atomic E-state index is -0.0430. The van der Waals surface area contributed by atoms with Crippen LogP contribution in [0.5, 0.6) is 0 Å². The van der Waals surface area contributed by atoms with Crippen LogP contribution in [-0.2, 0) is 4.74 Å². The highest BCUT2D eigenvalue weighted by molar-refractivity contribution is 7.98. The molecule has 4 nitrogen and oxygen atoms in total. The summed E-state index contributed by atoms with van der Waals surface area (Å²) in [6, 6.07) is 16.3. The number of ether oxygens (including phenoxy) is 1. The first-order valence-corrected chi connectivity index (χ1v) is 9.62. The molecule has 1 aliphatic rings. The van der Waals surface area contributed by atoms with E-state index in [1.54, 1.807) is 11.8 Å². The fourth-order valence-electron chi connectivity index (χ4n) is 3.28. The van der Waals surface area contributed by atoms with Crippen LogP contribution in [0.25, 0.3) is 22.0 Å². The highest BCUT2D eigenvalue weighted by Gasteiger charge is 2.13. The molecular weight excluding hydrogens is 332 g/mol. The maximum Gasteiger partial charge on any atom is 0.256 e. The number of hydrogen-bond acceptors (Lipinski definition) is 4. The van der Waals surface area contributed by atoms with E-state index >= 15 is 0 Å². The fraction of sp³-hybridized carbons (Fsp3) is 0.250. The van der Waals surface area contributed by atoms with Gasteiger partial charge in [-0.3, -0.25) is 4.79 Å². The van der Waals surface area contributed by atoms with E-state index in [0.717, 1.165) is 58.9 Å². The molecule has 0 bridgehead atoms. The Morgan fingerprint density at radius 3 is 2.68 bits per heavy atom. The molecule has 1 aromatic heterocycles. The van der Waals surface area contributed by atoms with Crippen LogP contribution in [0.1, 0.15) is 0 Å². The van der Waals surface area contributed by atoms with Gasteiger partial charge in [0.25, 0.3) is 5.56 Å². The molecule has 4 rings (SSSR count). The molecule has 25 heavy (non-hydrogen) atoms. The lowest BCUT2D eigenvalue weighted by Gasteiger charge is -2.29. The average Bonchev–Trinajstić information content (AvgIpc) is 2.68. The van der Waals surface area contributed by atoms with Gasteiger partial charge >= 0.3 is 0 Å². The smallest absolute Gasteiger partial charge is 0.256 e. The topological polar surface area (TPSA) is 45.3 Å². The van der Waals surface area contributed by atoms with Crippen molar-refractivity contribution in [1.29, 1.82) is 0 Å². The molecule has 0 unspecified atom stereocenters. The number of thioether (sulfide) groups is 1. The van der Waals surface area contributed by atoms with Crippen molar-refractivity contribution < 1.29 is 4.74 Å². The van der Waals surface area contributed by atoms with Gasteiger partial charge in [0, 0.05) is 34.6 Å². The highest BCUT2D eigenvalue weighted by atomic mass is 32.2. The Morgan fingerprint density at radius 2 is 1.88 bits per heavy atom. The number of fused-ring (bicyclic) bond motifs is 1. The van der Waals surface area contributed by atoms with Crippen molar-refractivity contribution in [3.05, 3.63) is 58.9 Å². The molecule has 0 atom stereocenters. The Labute approximate surface area is 150 Å². The highest BCUT2D eigenvalue weighted by Crippen LogP contribution is 2.30. The van der Waals surface area contributed by atoms with E-state index in [4.69, 9.17) is 4.74 Å². The van der Waals surface area contributed by atoms with Crippen LogP contribution in [0, 0.1) is 0 Å². The van der Waals surface area contributed by atoms with Gasteiger partial charge < -0.3 is 14.6 Å². The summed E-state index contributed by atoms with van der Waals surface area (Å²) in [5.41, 5.74) is 2.96. The first-order valence-electron chi connectivity index (χ1n) is 8.39. The van der Waals surface area contributed by atoms with Crippen molar-refractivity contribution in [3.63, 3.8) is 0 Å². The summed E-state index contributed by atoms with van der Waals surface area (Å²) in [6.07, 6.45) is 2.05. The lowest BCUT2D eigenvalue weighted by Crippen LogP contribution is -2.36. The zero-order valence-electron chi connectivity index (χ0n) is 14.1. The van der Waals surface area contributed by atoms with Crippen molar-refractivity contribution in [1.82, 2.24) is 4.98 Å². The van der Waals surface area contributed by atoms with Crippen molar-refractivity contribution >= 4 is 28.2 Å². The van der Waals surface area contributed by atoms with Gasteiger partial charge in [-0.25, -0.2) is 0 Å². The summed E-state index contributed by atoms with van der Waals surface area (Å²) in [5.74, 6) is 0. The second kappa shape index (κ2) is 6.94. The molecule has 128 valence electrons. The summed E-state index contributed by atoms with van der Waals surface area (Å²) in [4.78, 5) is 19.2. The molecule has 1 fully saturated rings. The van der Waals surface area contributed by atoms with Crippen molar-refractivity contribution in [3.8, 4) is 11.3 Å². The molecule has 2 heterocycles. The lowest BCUT2D eigenvalue weighted by molar-refractivity contribution is 0.122. The van der Waals surface area contributed by atoms with E-state index < -0.39 is 0 Å². The fourth-order valence-corrected chi connectivity index (χ4v) is 3.89. The third kappa shape index (κ3) is 3.17. The van der Waals surface area contributed by atoms with Gasteiger partial charge in [-0.2, -0.15) is 0 Å². The van der Waals surface area contributed by atoms with Crippen LogP contribution in [0.4, 0.5) is 5.69 Å². The molecule has 0 saturated carbocycles. The maximum absolute atomic E-state index is 12.7. The first kappa shape index (κ1) is 16.2. The Morgan fingerprint density at radius 1 is 1.08 bits per heavy atom. The predicted octanol–water partition coefficient (Wildman–Crippen LogP) is 3.75. The normalized spacial score (nSPS) is 14.8. The predicted molar refractivity (Wildman–Crippen MR) is 105 cm³/mol. The van der Waals surface area contributed by atoms with Gasteiger partial charge in [-0.1, -0.05) is 24.3 Å². The molecule has 0 spiro atoms. The molecule has 1 saturated heterocycles. The second-order valence-electron chi connectivity index (χ2n) is 6.08. The van der Waals surface area contributed by atoms with Gasteiger partial charge in [-0.05, 0) is 35.9 Å². The number of anilines is 1. The first-order chi connectivity index (χ1) is 12.3. The number of nitrogens with one attached hydrogen (secondary N) is 1. The summed E-state index contributed by atoms with van der Waals surface area (Å²) in [5, 5.41) is 1.70. The number of aromatic nitrogens is 1. The number of hydrogen-bond donors (Lipinski definition) is 1. The minimum Gasteiger partial charge on any atom is -0.378 e. The van der Waals surface area contributed by atoms with Gasteiger partial charge in [0.05, 0.1) is 18.9 Å². The minimum absolute atomic E-state index is 0.0430. The molecule has 0 aliphatic carbocycles. The third-order valence-electron chi connectivity index (χ3n) is 4.60. The Kier molecular flexibility index (Phi) is 4.51. The summed E-state index contributed by atoms with van der Waals surface area (Å²) in [7, 11) is 0. The van der Waals surface area contributed by atoms with Crippen molar-refractivity contribution in [2.24, 2.45) is 0 Å². The van der Waals surface area contributed by atoms with E-state index in [1.165, 1.54) is 0 Å². The quantitative estimate of drug-likeness (QED) is 0.729. The van der Waals surface area contributed by atoms with Crippen LogP contribution in [0.3, 0.4) is 0 Å². The number of H-pyrrole nitrogens is 1. The lowest BCUT2D eigenvalue weighted by atomic mass is 10.1. The zero-order valence-corrected chi connectivity index (χ0v) is 14.9. The molecule has 5 heteroatoms. The van der Waals surface area contributed by atoms with Crippen LogP contribution >= 0.6 is 11.8 Å². The average molecular weight is 352 g/mol. The molecular formula is C20H20N2O2S. The van der Waals surface area contributed by atoms with Crippen LogP contribution < -0.4 is 10.5 Å². The number of benzene rings is 2. The third-order valence-corrected chi connectivity index (χ3v) is 5.40. The van der Waals surface area contributed by atoms with Gasteiger partial charge in [0.15, 0.2) is 0 Å².